The zero-order chi connectivity index (χ0) is 15.0. The zero-order valence-corrected chi connectivity index (χ0v) is 12.5. The number of hydrogen-bond donors (Lipinski definition) is 0. The molecule has 0 spiro atoms. The Morgan fingerprint density at radius 3 is 2.57 bits per heavy atom. The quantitative estimate of drug-likeness (QED) is 0.683. The molecule has 0 saturated carbocycles. The molecule has 0 N–H and O–H groups in total. The fourth-order valence-corrected chi connectivity index (χ4v) is 2.77. The lowest BCUT2D eigenvalue weighted by molar-refractivity contribution is 0.104. The largest absolute Gasteiger partial charge is 0.496 e. The second-order valence-electron chi connectivity index (χ2n) is 4.82. The standard InChI is InChI=1S/C17H14ClNO2/c1-19-10-12(16-14(19)8-5-9-15(16)21-2)17(20)11-6-3-4-7-13(11)18/h3-10H,1-2H3. The Morgan fingerprint density at radius 1 is 1.10 bits per heavy atom. The van der Waals surface area contributed by atoms with Crippen LogP contribution in [0.15, 0.2) is 48.7 Å². The van der Waals surface area contributed by atoms with Crippen molar-refractivity contribution in [3.8, 4) is 5.75 Å². The maximum atomic E-state index is 12.8. The van der Waals surface area contributed by atoms with E-state index in [4.69, 9.17) is 16.3 Å². The number of ketones is 1. The molecule has 0 fully saturated rings. The van der Waals surface area contributed by atoms with Gasteiger partial charge in [-0.15, -0.1) is 0 Å². The highest BCUT2D eigenvalue weighted by atomic mass is 35.5. The number of nitrogens with zero attached hydrogens (tertiary/aromatic N) is 1. The van der Waals surface area contributed by atoms with Gasteiger partial charge in [0.2, 0.25) is 0 Å². The van der Waals surface area contributed by atoms with Gasteiger partial charge in [-0.05, 0) is 24.3 Å². The van der Waals surface area contributed by atoms with Gasteiger partial charge in [0.05, 0.1) is 28.6 Å². The molecule has 2 aromatic carbocycles. The van der Waals surface area contributed by atoms with Crippen LogP contribution < -0.4 is 4.74 Å². The normalized spacial score (nSPS) is 10.8. The first-order valence-electron chi connectivity index (χ1n) is 6.54. The summed E-state index contributed by atoms with van der Waals surface area (Å²) < 4.78 is 7.32. The van der Waals surface area contributed by atoms with E-state index in [1.165, 1.54) is 0 Å². The molecule has 0 saturated heterocycles. The molecule has 1 aromatic heterocycles. The molecule has 0 radical (unpaired) electrons. The summed E-state index contributed by atoms with van der Waals surface area (Å²) in [4.78, 5) is 12.8. The molecule has 0 aliphatic carbocycles. The van der Waals surface area contributed by atoms with Gasteiger partial charge < -0.3 is 9.30 Å². The van der Waals surface area contributed by atoms with E-state index >= 15 is 0 Å². The van der Waals surface area contributed by atoms with Crippen molar-refractivity contribution in [1.29, 1.82) is 0 Å². The molecule has 3 nitrogen and oxygen atoms in total. The van der Waals surface area contributed by atoms with Crippen LogP contribution >= 0.6 is 11.6 Å². The van der Waals surface area contributed by atoms with Crippen LogP contribution in [-0.4, -0.2) is 17.5 Å². The van der Waals surface area contributed by atoms with Crippen LogP contribution in [0.25, 0.3) is 10.9 Å². The third kappa shape index (κ3) is 2.20. The highest BCUT2D eigenvalue weighted by Crippen LogP contribution is 2.32. The lowest BCUT2D eigenvalue weighted by Crippen LogP contribution is -2.01. The molecule has 0 atom stereocenters. The van der Waals surface area contributed by atoms with Crippen LogP contribution in [0.5, 0.6) is 5.75 Å². The number of carbonyl (C=O) groups is 1. The number of aromatic nitrogens is 1. The smallest absolute Gasteiger partial charge is 0.196 e. The lowest BCUT2D eigenvalue weighted by Gasteiger charge is -2.05. The molecule has 0 bridgehead atoms. The molecule has 106 valence electrons. The number of halogens is 1. The summed E-state index contributed by atoms with van der Waals surface area (Å²) in [6, 6.07) is 12.8. The van der Waals surface area contributed by atoms with Gasteiger partial charge in [-0.1, -0.05) is 29.8 Å². The van der Waals surface area contributed by atoms with Crippen molar-refractivity contribution >= 4 is 28.3 Å². The number of carbonyl (C=O) groups excluding carboxylic acids is 1. The monoisotopic (exact) mass is 299 g/mol. The van der Waals surface area contributed by atoms with Crippen LogP contribution in [-0.2, 0) is 7.05 Å². The average molecular weight is 300 g/mol. The van der Waals surface area contributed by atoms with Crippen LogP contribution in [0.3, 0.4) is 0 Å². The van der Waals surface area contributed by atoms with E-state index in [0.717, 1.165) is 10.9 Å². The summed E-state index contributed by atoms with van der Waals surface area (Å²) >= 11 is 6.14. The molecule has 1 heterocycles. The van der Waals surface area contributed by atoms with E-state index in [1.807, 2.05) is 48.1 Å². The Morgan fingerprint density at radius 2 is 1.86 bits per heavy atom. The van der Waals surface area contributed by atoms with Gasteiger partial charge in [-0.3, -0.25) is 4.79 Å². The first kappa shape index (κ1) is 13.7. The summed E-state index contributed by atoms with van der Waals surface area (Å²) in [5.41, 5.74) is 2.04. The summed E-state index contributed by atoms with van der Waals surface area (Å²) in [6.45, 7) is 0. The summed E-state index contributed by atoms with van der Waals surface area (Å²) in [7, 11) is 3.51. The topological polar surface area (TPSA) is 31.2 Å². The van der Waals surface area contributed by atoms with Gasteiger partial charge in [0.15, 0.2) is 5.78 Å². The number of aryl methyl sites for hydroxylation is 1. The predicted molar refractivity (Wildman–Crippen MR) is 84.4 cm³/mol. The maximum absolute atomic E-state index is 12.8. The van der Waals surface area contributed by atoms with Crippen molar-refractivity contribution in [2.24, 2.45) is 7.05 Å². The van der Waals surface area contributed by atoms with Crippen LogP contribution in [0, 0.1) is 0 Å². The van der Waals surface area contributed by atoms with E-state index < -0.39 is 0 Å². The Kier molecular flexibility index (Phi) is 3.43. The summed E-state index contributed by atoms with van der Waals surface area (Å²) in [6.07, 6.45) is 1.82. The van der Waals surface area contributed by atoms with Gasteiger partial charge in [0.25, 0.3) is 0 Å². The van der Waals surface area contributed by atoms with Gasteiger partial charge in [-0.2, -0.15) is 0 Å². The van der Waals surface area contributed by atoms with Crippen molar-refractivity contribution in [2.75, 3.05) is 7.11 Å². The molecule has 4 heteroatoms. The number of methoxy groups -OCH3 is 1. The van der Waals surface area contributed by atoms with Crippen molar-refractivity contribution in [3.05, 3.63) is 64.8 Å². The predicted octanol–water partition coefficient (Wildman–Crippen LogP) is 4.07. The minimum absolute atomic E-state index is 0.101. The van der Waals surface area contributed by atoms with Gasteiger partial charge >= 0.3 is 0 Å². The fourth-order valence-electron chi connectivity index (χ4n) is 2.54. The van der Waals surface area contributed by atoms with Crippen LogP contribution in [0.2, 0.25) is 5.02 Å². The number of ether oxygens (including phenoxy) is 1. The minimum Gasteiger partial charge on any atom is -0.496 e. The van der Waals surface area contributed by atoms with Crippen LogP contribution in [0.1, 0.15) is 15.9 Å². The number of benzene rings is 2. The van der Waals surface area contributed by atoms with Crippen molar-refractivity contribution < 1.29 is 9.53 Å². The van der Waals surface area contributed by atoms with Gasteiger partial charge in [0.1, 0.15) is 5.75 Å². The summed E-state index contributed by atoms with van der Waals surface area (Å²) in [5, 5.41) is 1.27. The maximum Gasteiger partial charge on any atom is 0.196 e. The molecular weight excluding hydrogens is 286 g/mol. The zero-order valence-electron chi connectivity index (χ0n) is 11.8. The third-order valence-corrected chi connectivity index (χ3v) is 3.89. The molecule has 3 aromatic rings. The van der Waals surface area contributed by atoms with Gasteiger partial charge in [-0.25, -0.2) is 0 Å². The summed E-state index contributed by atoms with van der Waals surface area (Å²) in [5.74, 6) is 0.583. The molecule has 0 aliphatic rings. The SMILES string of the molecule is COc1cccc2c1c(C(=O)c1ccccc1Cl)cn2C. The second kappa shape index (κ2) is 5.26. The molecule has 0 unspecified atom stereocenters. The highest BCUT2D eigenvalue weighted by Gasteiger charge is 2.20. The lowest BCUT2D eigenvalue weighted by atomic mass is 10.0. The van der Waals surface area contributed by atoms with E-state index in [2.05, 4.69) is 0 Å². The number of rotatable bonds is 3. The Labute approximate surface area is 127 Å². The Bertz CT molecular complexity index is 836. The number of fused-ring (bicyclic) bond motifs is 1. The Hall–Kier alpha value is -2.26. The molecular formula is C17H14ClNO2. The first-order valence-corrected chi connectivity index (χ1v) is 6.92. The number of hydrogen-bond acceptors (Lipinski definition) is 2. The molecule has 0 aliphatic heterocycles. The van der Waals surface area contributed by atoms with Gasteiger partial charge in [0, 0.05) is 18.8 Å². The Balaban J connectivity index is 2.26. The first-order chi connectivity index (χ1) is 10.1. The molecule has 3 rings (SSSR count). The van der Waals surface area contributed by atoms with E-state index in [1.54, 1.807) is 19.2 Å². The van der Waals surface area contributed by atoms with Crippen LogP contribution in [0.4, 0.5) is 0 Å². The van der Waals surface area contributed by atoms with E-state index in [-0.39, 0.29) is 5.78 Å². The highest BCUT2D eigenvalue weighted by molar-refractivity contribution is 6.35. The van der Waals surface area contributed by atoms with Crippen molar-refractivity contribution in [3.63, 3.8) is 0 Å². The third-order valence-electron chi connectivity index (χ3n) is 3.56. The fraction of sp³-hybridized carbons (Fsp3) is 0.118. The molecule has 0 amide bonds. The molecule has 21 heavy (non-hydrogen) atoms. The average Bonchev–Trinajstić information content (AvgIpc) is 2.84. The van der Waals surface area contributed by atoms with Crippen molar-refractivity contribution in [1.82, 2.24) is 4.57 Å². The van der Waals surface area contributed by atoms with E-state index in [0.29, 0.717) is 21.9 Å². The second-order valence-corrected chi connectivity index (χ2v) is 5.22. The minimum atomic E-state index is -0.101. The van der Waals surface area contributed by atoms with Crippen molar-refractivity contribution in [2.45, 2.75) is 0 Å². The van der Waals surface area contributed by atoms with E-state index in [9.17, 15) is 4.79 Å².